The Balaban J connectivity index is 1.50. The maximum atomic E-state index is 12.1. The van der Waals surface area contributed by atoms with Crippen LogP contribution in [0.25, 0.3) is 0 Å². The van der Waals surface area contributed by atoms with Crippen molar-refractivity contribution in [3.63, 3.8) is 0 Å². The zero-order chi connectivity index (χ0) is 17.6. The van der Waals surface area contributed by atoms with Gasteiger partial charge in [0.2, 0.25) is 11.9 Å². The van der Waals surface area contributed by atoms with Crippen LogP contribution in [0.4, 0.5) is 11.6 Å². The van der Waals surface area contributed by atoms with Crippen molar-refractivity contribution >= 4 is 17.5 Å². The minimum absolute atomic E-state index is 0.00958. The summed E-state index contributed by atoms with van der Waals surface area (Å²) in [6, 6.07) is 8.25. The molecule has 0 spiro atoms. The van der Waals surface area contributed by atoms with Gasteiger partial charge >= 0.3 is 0 Å². The molecule has 1 aliphatic heterocycles. The Hall–Kier alpha value is -2.43. The van der Waals surface area contributed by atoms with Gasteiger partial charge in [0.1, 0.15) is 0 Å². The van der Waals surface area contributed by atoms with Gasteiger partial charge in [0.05, 0.1) is 18.1 Å². The number of nitrogens with one attached hydrogen (secondary N) is 1. The van der Waals surface area contributed by atoms with Gasteiger partial charge in [-0.15, -0.1) is 0 Å². The number of rotatable bonds is 5. The number of carbonyl (C=O) groups excluding carboxylic acids is 1. The third-order valence-electron chi connectivity index (χ3n) is 4.71. The van der Waals surface area contributed by atoms with Crippen LogP contribution in [-0.4, -0.2) is 29.0 Å². The molecule has 1 N–H and O–H groups in total. The Labute approximate surface area is 149 Å². The number of amides is 1. The molecule has 0 radical (unpaired) electrons. The van der Waals surface area contributed by atoms with Crippen molar-refractivity contribution in [3.8, 4) is 0 Å². The number of piperidine rings is 1. The molecule has 1 saturated heterocycles. The van der Waals surface area contributed by atoms with Crippen molar-refractivity contribution in [1.29, 1.82) is 0 Å². The fourth-order valence-electron chi connectivity index (χ4n) is 3.11. The van der Waals surface area contributed by atoms with Crippen LogP contribution in [0.1, 0.15) is 37.3 Å². The van der Waals surface area contributed by atoms with Crippen molar-refractivity contribution < 1.29 is 4.79 Å². The fourth-order valence-corrected chi connectivity index (χ4v) is 3.11. The van der Waals surface area contributed by atoms with Crippen molar-refractivity contribution in [2.75, 3.05) is 23.3 Å². The Bertz CT molecular complexity index is 706. The van der Waals surface area contributed by atoms with Crippen LogP contribution >= 0.6 is 0 Å². The molecule has 0 saturated carbocycles. The van der Waals surface area contributed by atoms with Crippen molar-refractivity contribution in [3.05, 3.63) is 47.8 Å². The summed E-state index contributed by atoms with van der Waals surface area (Å²) >= 11 is 0. The van der Waals surface area contributed by atoms with Gasteiger partial charge in [-0.05, 0) is 37.7 Å². The second kappa shape index (κ2) is 8.10. The van der Waals surface area contributed by atoms with Gasteiger partial charge in [-0.25, -0.2) is 9.97 Å². The summed E-state index contributed by atoms with van der Waals surface area (Å²) in [5, 5.41) is 2.88. The van der Waals surface area contributed by atoms with Crippen molar-refractivity contribution in [1.82, 2.24) is 9.97 Å². The summed E-state index contributed by atoms with van der Waals surface area (Å²) in [7, 11) is 0. The molecule has 5 heteroatoms. The van der Waals surface area contributed by atoms with Gasteiger partial charge in [0.25, 0.3) is 0 Å². The van der Waals surface area contributed by atoms with Crippen LogP contribution in [0.15, 0.2) is 36.7 Å². The molecule has 1 aliphatic rings. The smallest absolute Gasteiger partial charge is 0.225 e. The molecule has 2 heterocycles. The number of nitrogens with zero attached hydrogens (tertiary/aromatic N) is 3. The Kier molecular flexibility index (Phi) is 5.64. The number of carbonyl (C=O) groups is 1. The summed E-state index contributed by atoms with van der Waals surface area (Å²) in [4.78, 5) is 23.1. The topological polar surface area (TPSA) is 58.1 Å². The summed E-state index contributed by atoms with van der Waals surface area (Å²) in [5.41, 5.74) is 3.05. The largest absolute Gasteiger partial charge is 0.341 e. The lowest BCUT2D eigenvalue weighted by Gasteiger charge is -2.30. The number of hydrogen-bond acceptors (Lipinski definition) is 4. The van der Waals surface area contributed by atoms with Gasteiger partial charge in [-0.2, -0.15) is 0 Å². The van der Waals surface area contributed by atoms with Crippen LogP contribution in [0.5, 0.6) is 0 Å². The number of aryl methyl sites for hydroxylation is 2. The summed E-state index contributed by atoms with van der Waals surface area (Å²) in [6.07, 6.45) is 6.95. The molecule has 5 nitrogen and oxygen atoms in total. The van der Waals surface area contributed by atoms with E-state index in [-0.39, 0.29) is 5.91 Å². The lowest BCUT2D eigenvalue weighted by Crippen LogP contribution is -2.34. The van der Waals surface area contributed by atoms with E-state index < -0.39 is 0 Å². The van der Waals surface area contributed by atoms with E-state index in [1.807, 2.05) is 6.07 Å². The molecule has 0 bridgehead atoms. The predicted molar refractivity (Wildman–Crippen MR) is 101 cm³/mol. The van der Waals surface area contributed by atoms with Crippen LogP contribution in [0, 0.1) is 12.8 Å². The zero-order valence-electron chi connectivity index (χ0n) is 15.0. The van der Waals surface area contributed by atoms with Crippen molar-refractivity contribution in [2.24, 2.45) is 5.92 Å². The van der Waals surface area contributed by atoms with Gasteiger partial charge in [-0.3, -0.25) is 4.79 Å². The zero-order valence-corrected chi connectivity index (χ0v) is 15.0. The average molecular weight is 338 g/mol. The van der Waals surface area contributed by atoms with Crippen LogP contribution < -0.4 is 10.2 Å². The maximum Gasteiger partial charge on any atom is 0.225 e. The third kappa shape index (κ3) is 5.02. The number of aromatic nitrogens is 2. The first-order valence-electron chi connectivity index (χ1n) is 9.02. The van der Waals surface area contributed by atoms with E-state index >= 15 is 0 Å². The monoisotopic (exact) mass is 338 g/mol. The SMILES string of the molecule is Cc1cccc(CCC(=O)Nc2cnc(N3CCC(C)CC3)nc2)c1. The normalized spacial score (nSPS) is 15.2. The highest BCUT2D eigenvalue weighted by atomic mass is 16.1. The Morgan fingerprint density at radius 3 is 2.64 bits per heavy atom. The lowest BCUT2D eigenvalue weighted by atomic mass is 10.00. The minimum atomic E-state index is -0.00958. The Morgan fingerprint density at radius 2 is 1.96 bits per heavy atom. The molecule has 0 atom stereocenters. The van der Waals surface area contributed by atoms with E-state index in [4.69, 9.17) is 0 Å². The van der Waals surface area contributed by atoms with E-state index in [1.54, 1.807) is 12.4 Å². The van der Waals surface area contributed by atoms with E-state index in [0.717, 1.165) is 31.4 Å². The van der Waals surface area contributed by atoms with Crippen molar-refractivity contribution in [2.45, 2.75) is 39.5 Å². The van der Waals surface area contributed by atoms with Gasteiger partial charge in [-0.1, -0.05) is 36.8 Å². The van der Waals surface area contributed by atoms with Crippen LogP contribution in [-0.2, 0) is 11.2 Å². The second-order valence-corrected chi connectivity index (χ2v) is 6.98. The quantitative estimate of drug-likeness (QED) is 0.905. The van der Waals surface area contributed by atoms with Gasteiger partial charge in [0.15, 0.2) is 0 Å². The van der Waals surface area contributed by atoms with E-state index in [9.17, 15) is 4.79 Å². The molecule has 0 aliphatic carbocycles. The highest BCUT2D eigenvalue weighted by molar-refractivity contribution is 5.90. The molecule has 132 valence electrons. The number of hydrogen-bond donors (Lipinski definition) is 1. The highest BCUT2D eigenvalue weighted by Crippen LogP contribution is 2.20. The maximum absolute atomic E-state index is 12.1. The third-order valence-corrected chi connectivity index (χ3v) is 4.71. The molecule has 3 rings (SSSR count). The van der Waals surface area contributed by atoms with E-state index in [0.29, 0.717) is 12.1 Å². The standard InChI is InChI=1S/C20H26N4O/c1-15-8-10-24(11-9-15)20-21-13-18(14-22-20)23-19(25)7-6-17-5-3-4-16(2)12-17/h3-5,12-15H,6-11H2,1-2H3,(H,23,25). The predicted octanol–water partition coefficient (Wildman–Crippen LogP) is 3.59. The molecular formula is C20H26N4O. The Morgan fingerprint density at radius 1 is 1.24 bits per heavy atom. The first-order chi connectivity index (χ1) is 12.1. The summed E-state index contributed by atoms with van der Waals surface area (Å²) in [5.74, 6) is 1.53. The van der Waals surface area contributed by atoms with Crippen LogP contribution in [0.2, 0.25) is 0 Å². The van der Waals surface area contributed by atoms with E-state index in [1.165, 1.54) is 24.0 Å². The van der Waals surface area contributed by atoms with E-state index in [2.05, 4.69) is 52.2 Å². The lowest BCUT2D eigenvalue weighted by molar-refractivity contribution is -0.116. The van der Waals surface area contributed by atoms with Crippen LogP contribution in [0.3, 0.4) is 0 Å². The molecular weight excluding hydrogens is 312 g/mol. The minimum Gasteiger partial charge on any atom is -0.341 e. The number of benzene rings is 1. The highest BCUT2D eigenvalue weighted by Gasteiger charge is 2.17. The average Bonchev–Trinajstić information content (AvgIpc) is 2.62. The molecule has 1 aromatic heterocycles. The first-order valence-corrected chi connectivity index (χ1v) is 9.02. The molecule has 2 aromatic rings. The molecule has 1 amide bonds. The molecule has 1 fully saturated rings. The first kappa shape index (κ1) is 17.4. The second-order valence-electron chi connectivity index (χ2n) is 6.98. The summed E-state index contributed by atoms with van der Waals surface area (Å²) in [6.45, 7) is 6.35. The van der Waals surface area contributed by atoms with Gasteiger partial charge < -0.3 is 10.2 Å². The fraction of sp³-hybridized carbons (Fsp3) is 0.450. The summed E-state index contributed by atoms with van der Waals surface area (Å²) < 4.78 is 0. The number of anilines is 2. The molecule has 1 aromatic carbocycles. The van der Waals surface area contributed by atoms with Gasteiger partial charge in [0, 0.05) is 19.5 Å². The molecule has 0 unspecified atom stereocenters. The molecule has 25 heavy (non-hydrogen) atoms.